The summed E-state index contributed by atoms with van der Waals surface area (Å²) < 4.78 is 5.13. The summed E-state index contributed by atoms with van der Waals surface area (Å²) in [6.45, 7) is 1.69. The van der Waals surface area contributed by atoms with Crippen molar-refractivity contribution in [2.75, 3.05) is 11.9 Å². The molecule has 3 rings (SSSR count). The third kappa shape index (κ3) is 3.30. The zero-order valence-electron chi connectivity index (χ0n) is 13.3. The van der Waals surface area contributed by atoms with Crippen LogP contribution in [0.25, 0.3) is 10.9 Å². The Hall–Kier alpha value is -3.08. The van der Waals surface area contributed by atoms with Gasteiger partial charge in [0.05, 0.1) is 5.56 Å². The number of aromatic nitrogens is 1. The van der Waals surface area contributed by atoms with Crippen molar-refractivity contribution in [2.45, 2.75) is 13.3 Å². The fraction of sp³-hybridized carbons (Fsp3) is 0.158. The van der Waals surface area contributed by atoms with Crippen molar-refractivity contribution in [2.24, 2.45) is 0 Å². The SMILES string of the molecule is CCc1ccccc1NC(=O)COC(=O)c1c[nH]c2ccccc12. The zero-order chi connectivity index (χ0) is 16.9. The molecule has 0 aliphatic carbocycles. The number of carbonyl (C=O) groups excluding carboxylic acids is 2. The number of esters is 1. The maximum Gasteiger partial charge on any atom is 0.340 e. The minimum Gasteiger partial charge on any atom is -0.452 e. The Labute approximate surface area is 139 Å². The molecule has 0 atom stereocenters. The number of para-hydroxylation sites is 2. The lowest BCUT2D eigenvalue weighted by atomic mass is 10.1. The summed E-state index contributed by atoms with van der Waals surface area (Å²) in [5.74, 6) is -0.879. The summed E-state index contributed by atoms with van der Waals surface area (Å²) in [6, 6.07) is 15.0. The summed E-state index contributed by atoms with van der Waals surface area (Å²) >= 11 is 0. The molecule has 0 aliphatic rings. The lowest BCUT2D eigenvalue weighted by molar-refractivity contribution is -0.119. The Balaban J connectivity index is 1.63. The van der Waals surface area contributed by atoms with Gasteiger partial charge in [-0.1, -0.05) is 43.3 Å². The lowest BCUT2D eigenvalue weighted by Gasteiger charge is -2.09. The van der Waals surface area contributed by atoms with Crippen molar-refractivity contribution in [3.05, 3.63) is 65.9 Å². The van der Waals surface area contributed by atoms with Gasteiger partial charge in [-0.15, -0.1) is 0 Å². The highest BCUT2D eigenvalue weighted by Gasteiger charge is 2.15. The topological polar surface area (TPSA) is 71.2 Å². The van der Waals surface area contributed by atoms with Crippen LogP contribution in [0.3, 0.4) is 0 Å². The number of benzene rings is 2. The van der Waals surface area contributed by atoms with Gasteiger partial charge in [0.15, 0.2) is 6.61 Å². The van der Waals surface area contributed by atoms with E-state index in [1.54, 1.807) is 6.20 Å². The summed E-state index contributed by atoms with van der Waals surface area (Å²) in [5, 5.41) is 3.55. The third-order valence-electron chi connectivity index (χ3n) is 3.82. The molecule has 1 aromatic heterocycles. The van der Waals surface area contributed by atoms with Crippen molar-refractivity contribution >= 4 is 28.5 Å². The number of ether oxygens (including phenoxy) is 1. The first kappa shape index (κ1) is 15.8. The van der Waals surface area contributed by atoms with E-state index < -0.39 is 5.97 Å². The van der Waals surface area contributed by atoms with Gasteiger partial charge in [0, 0.05) is 22.8 Å². The number of hydrogen-bond acceptors (Lipinski definition) is 3. The normalized spacial score (nSPS) is 10.5. The number of aryl methyl sites for hydroxylation is 1. The fourth-order valence-electron chi connectivity index (χ4n) is 2.59. The average Bonchev–Trinajstić information content (AvgIpc) is 3.04. The maximum atomic E-state index is 12.2. The van der Waals surface area contributed by atoms with E-state index in [1.165, 1.54) is 0 Å². The number of carbonyl (C=O) groups is 2. The number of aromatic amines is 1. The average molecular weight is 322 g/mol. The highest BCUT2D eigenvalue weighted by Crippen LogP contribution is 2.19. The van der Waals surface area contributed by atoms with E-state index in [-0.39, 0.29) is 12.5 Å². The Kier molecular flexibility index (Phi) is 4.61. The molecule has 0 unspecified atom stereocenters. The Morgan fingerprint density at radius 2 is 1.83 bits per heavy atom. The van der Waals surface area contributed by atoms with Crippen molar-refractivity contribution in [1.82, 2.24) is 4.98 Å². The van der Waals surface area contributed by atoms with Gasteiger partial charge in [-0.25, -0.2) is 4.79 Å². The van der Waals surface area contributed by atoms with Gasteiger partial charge in [0.25, 0.3) is 5.91 Å². The largest absolute Gasteiger partial charge is 0.452 e. The monoisotopic (exact) mass is 322 g/mol. The number of nitrogens with one attached hydrogen (secondary N) is 2. The molecule has 1 amide bonds. The summed E-state index contributed by atoms with van der Waals surface area (Å²) in [7, 11) is 0. The van der Waals surface area contributed by atoms with Crippen molar-refractivity contribution < 1.29 is 14.3 Å². The number of fused-ring (bicyclic) bond motifs is 1. The minimum atomic E-state index is -0.522. The number of rotatable bonds is 5. The second-order valence-corrected chi connectivity index (χ2v) is 5.38. The molecule has 0 saturated carbocycles. The number of anilines is 1. The molecule has 0 bridgehead atoms. The number of H-pyrrole nitrogens is 1. The van der Waals surface area contributed by atoms with E-state index in [0.717, 1.165) is 28.6 Å². The molecule has 0 fully saturated rings. The Bertz CT molecular complexity index is 883. The van der Waals surface area contributed by atoms with Gasteiger partial charge < -0.3 is 15.0 Å². The van der Waals surface area contributed by atoms with Crippen molar-refractivity contribution in [3.63, 3.8) is 0 Å². The lowest BCUT2D eigenvalue weighted by Crippen LogP contribution is -2.21. The molecule has 2 N–H and O–H groups in total. The van der Waals surface area contributed by atoms with Gasteiger partial charge in [-0.2, -0.15) is 0 Å². The zero-order valence-corrected chi connectivity index (χ0v) is 13.3. The molecule has 1 heterocycles. The molecule has 2 aromatic carbocycles. The molecule has 5 heteroatoms. The van der Waals surface area contributed by atoms with Gasteiger partial charge >= 0.3 is 5.97 Å². The van der Waals surface area contributed by atoms with Crippen LogP contribution in [-0.2, 0) is 16.0 Å². The molecule has 5 nitrogen and oxygen atoms in total. The van der Waals surface area contributed by atoms with Gasteiger partial charge in [-0.3, -0.25) is 4.79 Å². The van der Waals surface area contributed by atoms with E-state index in [2.05, 4.69) is 10.3 Å². The van der Waals surface area contributed by atoms with Crippen LogP contribution in [0.2, 0.25) is 0 Å². The smallest absolute Gasteiger partial charge is 0.340 e. The van der Waals surface area contributed by atoms with E-state index in [0.29, 0.717) is 5.56 Å². The first-order chi connectivity index (χ1) is 11.7. The van der Waals surface area contributed by atoms with Crippen LogP contribution in [0, 0.1) is 0 Å². The predicted octanol–water partition coefficient (Wildman–Crippen LogP) is 3.53. The maximum absolute atomic E-state index is 12.2. The molecule has 24 heavy (non-hydrogen) atoms. The van der Waals surface area contributed by atoms with E-state index in [1.807, 2.05) is 55.5 Å². The molecule has 122 valence electrons. The van der Waals surface area contributed by atoms with Crippen LogP contribution in [0.15, 0.2) is 54.7 Å². The summed E-state index contributed by atoms with van der Waals surface area (Å²) in [5.41, 5.74) is 3.06. The first-order valence-electron chi connectivity index (χ1n) is 7.80. The molecular weight excluding hydrogens is 304 g/mol. The molecular formula is C19H18N2O3. The Morgan fingerprint density at radius 1 is 1.08 bits per heavy atom. The number of amides is 1. The molecule has 0 saturated heterocycles. The molecule has 0 radical (unpaired) electrons. The third-order valence-corrected chi connectivity index (χ3v) is 3.82. The van der Waals surface area contributed by atoms with Crippen LogP contribution in [0.5, 0.6) is 0 Å². The highest BCUT2D eigenvalue weighted by molar-refractivity contribution is 6.05. The van der Waals surface area contributed by atoms with E-state index >= 15 is 0 Å². The minimum absolute atomic E-state index is 0.323. The molecule has 0 aliphatic heterocycles. The van der Waals surface area contributed by atoms with Gasteiger partial charge in [0.1, 0.15) is 0 Å². The van der Waals surface area contributed by atoms with Crippen LogP contribution in [0.1, 0.15) is 22.8 Å². The van der Waals surface area contributed by atoms with Crippen LogP contribution in [0.4, 0.5) is 5.69 Å². The fourth-order valence-corrected chi connectivity index (χ4v) is 2.59. The van der Waals surface area contributed by atoms with E-state index in [9.17, 15) is 9.59 Å². The van der Waals surface area contributed by atoms with Crippen LogP contribution in [-0.4, -0.2) is 23.5 Å². The van der Waals surface area contributed by atoms with Crippen LogP contribution < -0.4 is 5.32 Å². The molecule has 3 aromatic rings. The molecule has 0 spiro atoms. The van der Waals surface area contributed by atoms with E-state index in [4.69, 9.17) is 4.74 Å². The predicted molar refractivity (Wildman–Crippen MR) is 93.0 cm³/mol. The second-order valence-electron chi connectivity index (χ2n) is 5.38. The second kappa shape index (κ2) is 7.00. The standard InChI is InChI=1S/C19H18N2O3/c1-2-13-7-3-5-9-16(13)21-18(22)12-24-19(23)15-11-20-17-10-6-4-8-14(15)17/h3-11,20H,2,12H2,1H3,(H,21,22). The quantitative estimate of drug-likeness (QED) is 0.706. The Morgan fingerprint density at radius 3 is 2.67 bits per heavy atom. The summed E-state index contributed by atoms with van der Waals surface area (Å²) in [4.78, 5) is 27.2. The summed E-state index contributed by atoms with van der Waals surface area (Å²) in [6.07, 6.45) is 2.41. The highest BCUT2D eigenvalue weighted by atomic mass is 16.5. The van der Waals surface area contributed by atoms with Crippen molar-refractivity contribution in [3.8, 4) is 0 Å². The van der Waals surface area contributed by atoms with Gasteiger partial charge in [-0.05, 0) is 24.1 Å². The van der Waals surface area contributed by atoms with Crippen molar-refractivity contribution in [1.29, 1.82) is 0 Å². The first-order valence-corrected chi connectivity index (χ1v) is 7.80. The van der Waals surface area contributed by atoms with Gasteiger partial charge in [0.2, 0.25) is 0 Å². The van der Waals surface area contributed by atoms with Crippen LogP contribution >= 0.6 is 0 Å². The number of hydrogen-bond donors (Lipinski definition) is 2.